The van der Waals surface area contributed by atoms with Crippen molar-refractivity contribution >= 4 is 11.3 Å². The fraction of sp³-hybridized carbons (Fsp3) is 0.400. The molecule has 0 bridgehead atoms. The Morgan fingerprint density at radius 3 is 2.44 bits per heavy atom. The molecule has 2 rings (SSSR count). The summed E-state index contributed by atoms with van der Waals surface area (Å²) < 4.78 is 0. The van der Waals surface area contributed by atoms with Crippen LogP contribution in [-0.2, 0) is 6.42 Å². The molecule has 0 unspecified atom stereocenters. The largest absolute Gasteiger partial charge is 0.330 e. The molecule has 3 heteroatoms. The minimum Gasteiger partial charge on any atom is -0.330 e. The Balaban J connectivity index is 2.34. The Morgan fingerprint density at radius 2 is 1.83 bits per heavy atom. The fourth-order valence-corrected chi connectivity index (χ4v) is 3.50. The molecule has 0 saturated carbocycles. The van der Waals surface area contributed by atoms with Gasteiger partial charge in [-0.15, -0.1) is 11.3 Å². The van der Waals surface area contributed by atoms with Crippen molar-refractivity contribution in [3.8, 4) is 10.4 Å². The van der Waals surface area contributed by atoms with Crippen LogP contribution in [-0.4, -0.2) is 11.5 Å². The Labute approximate surface area is 113 Å². The maximum absolute atomic E-state index is 5.54. The predicted octanol–water partition coefficient (Wildman–Crippen LogP) is 3.63. The van der Waals surface area contributed by atoms with E-state index in [0.29, 0.717) is 0 Å². The second-order valence-electron chi connectivity index (χ2n) is 4.78. The molecule has 0 saturated heterocycles. The van der Waals surface area contributed by atoms with Gasteiger partial charge in [-0.05, 0) is 50.4 Å². The smallest absolute Gasteiger partial charge is 0.0931 e. The maximum atomic E-state index is 5.54. The van der Waals surface area contributed by atoms with Crippen molar-refractivity contribution in [1.82, 2.24) is 4.98 Å². The summed E-state index contributed by atoms with van der Waals surface area (Å²) in [5, 5.41) is 1.19. The van der Waals surface area contributed by atoms with Crippen LogP contribution in [0.2, 0.25) is 0 Å². The lowest BCUT2D eigenvalue weighted by molar-refractivity contribution is 0.826. The van der Waals surface area contributed by atoms with E-state index in [-0.39, 0.29) is 0 Å². The van der Waals surface area contributed by atoms with Crippen molar-refractivity contribution < 1.29 is 0 Å². The van der Waals surface area contributed by atoms with Crippen molar-refractivity contribution in [2.24, 2.45) is 5.73 Å². The molecular formula is C15H20N2S. The van der Waals surface area contributed by atoms with Crippen LogP contribution in [0, 0.1) is 20.8 Å². The molecule has 2 aromatic rings. The fourth-order valence-electron chi connectivity index (χ4n) is 2.36. The number of thiazole rings is 1. The maximum Gasteiger partial charge on any atom is 0.0931 e. The molecule has 0 aliphatic carbocycles. The minimum atomic E-state index is 0.734. The van der Waals surface area contributed by atoms with Crippen molar-refractivity contribution in [2.75, 3.05) is 6.54 Å². The van der Waals surface area contributed by atoms with Crippen LogP contribution in [0.4, 0.5) is 0 Å². The molecule has 0 atom stereocenters. The third-order valence-corrected chi connectivity index (χ3v) is 4.15. The van der Waals surface area contributed by atoms with Gasteiger partial charge in [-0.3, -0.25) is 0 Å². The van der Waals surface area contributed by atoms with Gasteiger partial charge in [0.05, 0.1) is 9.88 Å². The number of hydrogen-bond donors (Lipinski definition) is 1. The lowest BCUT2D eigenvalue weighted by atomic mass is 9.99. The molecule has 0 aliphatic heterocycles. The Bertz CT molecular complexity index is 520. The molecule has 0 aliphatic rings. The lowest BCUT2D eigenvalue weighted by Gasteiger charge is -2.08. The molecule has 0 fully saturated rings. The number of nitrogens with two attached hydrogens (primary N) is 1. The molecule has 1 aromatic heterocycles. The third kappa shape index (κ3) is 2.79. The number of aromatic nitrogens is 1. The zero-order chi connectivity index (χ0) is 13.1. The van der Waals surface area contributed by atoms with Crippen LogP contribution in [0.25, 0.3) is 10.4 Å². The van der Waals surface area contributed by atoms with Crippen LogP contribution in [0.5, 0.6) is 0 Å². The summed E-state index contributed by atoms with van der Waals surface area (Å²) in [6.07, 6.45) is 4.01. The van der Waals surface area contributed by atoms with Crippen LogP contribution in [0.15, 0.2) is 18.3 Å². The van der Waals surface area contributed by atoms with Crippen molar-refractivity contribution in [1.29, 1.82) is 0 Å². The first kappa shape index (κ1) is 13.2. The Hall–Kier alpha value is -1.19. The van der Waals surface area contributed by atoms with E-state index in [4.69, 9.17) is 5.73 Å². The van der Waals surface area contributed by atoms with E-state index in [2.05, 4.69) is 37.9 Å². The monoisotopic (exact) mass is 260 g/mol. The van der Waals surface area contributed by atoms with Gasteiger partial charge >= 0.3 is 0 Å². The molecule has 2 nitrogen and oxygen atoms in total. The quantitative estimate of drug-likeness (QED) is 0.911. The van der Waals surface area contributed by atoms with E-state index >= 15 is 0 Å². The molecule has 1 aromatic carbocycles. The highest BCUT2D eigenvalue weighted by atomic mass is 32.1. The summed E-state index contributed by atoms with van der Waals surface area (Å²) in [4.78, 5) is 5.77. The minimum absolute atomic E-state index is 0.734. The average Bonchev–Trinajstić information content (AvgIpc) is 2.73. The van der Waals surface area contributed by atoms with E-state index < -0.39 is 0 Å². The number of nitrogens with zero attached hydrogens (tertiary/aromatic N) is 1. The number of hydrogen-bond acceptors (Lipinski definition) is 3. The molecule has 0 radical (unpaired) electrons. The van der Waals surface area contributed by atoms with Gasteiger partial charge in [0, 0.05) is 12.6 Å². The first-order valence-corrected chi connectivity index (χ1v) is 7.16. The van der Waals surface area contributed by atoms with Gasteiger partial charge in [-0.2, -0.15) is 0 Å². The number of rotatable bonds is 4. The molecule has 0 amide bonds. The molecule has 96 valence electrons. The van der Waals surface area contributed by atoms with Crippen LogP contribution < -0.4 is 5.73 Å². The number of aryl methyl sites for hydroxylation is 4. The van der Waals surface area contributed by atoms with Gasteiger partial charge < -0.3 is 5.73 Å². The summed E-state index contributed by atoms with van der Waals surface area (Å²) in [7, 11) is 0. The van der Waals surface area contributed by atoms with Crippen molar-refractivity contribution in [2.45, 2.75) is 33.6 Å². The van der Waals surface area contributed by atoms with E-state index in [1.165, 1.54) is 32.1 Å². The highest BCUT2D eigenvalue weighted by molar-refractivity contribution is 7.15. The normalized spacial score (nSPS) is 10.9. The lowest BCUT2D eigenvalue weighted by Crippen LogP contribution is -1.99. The average molecular weight is 260 g/mol. The van der Waals surface area contributed by atoms with E-state index in [9.17, 15) is 0 Å². The van der Waals surface area contributed by atoms with Crippen LogP contribution in [0.3, 0.4) is 0 Å². The standard InChI is InChI=1S/C15H20N2S/c1-10-7-11(2)15(12(3)8-10)13-9-17-14(18-13)5-4-6-16/h7-9H,4-6,16H2,1-3H3. The first-order chi connectivity index (χ1) is 8.61. The highest BCUT2D eigenvalue weighted by Gasteiger charge is 2.10. The number of benzene rings is 1. The highest BCUT2D eigenvalue weighted by Crippen LogP contribution is 2.32. The van der Waals surface area contributed by atoms with Crippen LogP contribution >= 0.6 is 11.3 Å². The van der Waals surface area contributed by atoms with Crippen molar-refractivity contribution in [3.63, 3.8) is 0 Å². The van der Waals surface area contributed by atoms with Gasteiger partial charge in [-0.1, -0.05) is 17.7 Å². The van der Waals surface area contributed by atoms with Gasteiger partial charge in [0.25, 0.3) is 0 Å². The Morgan fingerprint density at radius 1 is 1.17 bits per heavy atom. The van der Waals surface area contributed by atoms with Gasteiger partial charge in [0.1, 0.15) is 0 Å². The third-order valence-electron chi connectivity index (χ3n) is 3.07. The topological polar surface area (TPSA) is 38.9 Å². The molecule has 18 heavy (non-hydrogen) atoms. The molecule has 2 N–H and O–H groups in total. The zero-order valence-electron chi connectivity index (χ0n) is 11.3. The van der Waals surface area contributed by atoms with Gasteiger partial charge in [-0.25, -0.2) is 4.98 Å². The Kier molecular flexibility index (Phi) is 4.15. The van der Waals surface area contributed by atoms with E-state index in [0.717, 1.165) is 19.4 Å². The second-order valence-corrected chi connectivity index (χ2v) is 5.90. The summed E-state index contributed by atoms with van der Waals surface area (Å²) >= 11 is 1.79. The zero-order valence-corrected chi connectivity index (χ0v) is 12.1. The SMILES string of the molecule is Cc1cc(C)c(-c2cnc(CCCN)s2)c(C)c1. The summed E-state index contributed by atoms with van der Waals surface area (Å²) in [6.45, 7) is 7.23. The molecular weight excluding hydrogens is 240 g/mol. The predicted molar refractivity (Wildman–Crippen MR) is 79.1 cm³/mol. The van der Waals surface area contributed by atoms with E-state index in [1.807, 2.05) is 6.20 Å². The first-order valence-electron chi connectivity index (χ1n) is 6.35. The summed E-state index contributed by atoms with van der Waals surface area (Å²) in [6, 6.07) is 4.48. The molecule has 0 spiro atoms. The summed E-state index contributed by atoms with van der Waals surface area (Å²) in [5.41, 5.74) is 10.9. The summed E-state index contributed by atoms with van der Waals surface area (Å²) in [5.74, 6) is 0. The van der Waals surface area contributed by atoms with Gasteiger partial charge in [0.15, 0.2) is 0 Å². The molecule has 1 heterocycles. The van der Waals surface area contributed by atoms with Crippen molar-refractivity contribution in [3.05, 3.63) is 40.0 Å². The van der Waals surface area contributed by atoms with E-state index in [1.54, 1.807) is 11.3 Å². The van der Waals surface area contributed by atoms with Gasteiger partial charge in [0.2, 0.25) is 0 Å². The second kappa shape index (κ2) is 5.63. The van der Waals surface area contributed by atoms with Crippen LogP contribution in [0.1, 0.15) is 28.1 Å².